The largest absolute Gasteiger partial charge is 0.393 e. The lowest BCUT2D eigenvalue weighted by Crippen LogP contribution is -2.46. The number of carbonyl (C=O) groups is 1. The fourth-order valence-electron chi connectivity index (χ4n) is 2.63. The number of piperidine rings is 1. The number of nitrogens with zero attached hydrogens (tertiary/aromatic N) is 1. The Hall–Kier alpha value is -1.72. The number of nitrogens with one attached hydrogen (secondary N) is 1. The fraction of sp³-hybridized carbons (Fsp3) is 0.533. The quantitative estimate of drug-likeness (QED) is 0.831. The Morgan fingerprint density at radius 2 is 1.90 bits per heavy atom. The van der Waals surface area contributed by atoms with Gasteiger partial charge in [-0.25, -0.2) is 4.79 Å². The maximum absolute atomic E-state index is 12.8. The number of hydrogen-bond acceptors (Lipinski definition) is 1. The van der Waals surface area contributed by atoms with E-state index in [1.807, 2.05) is 32.0 Å². The van der Waals surface area contributed by atoms with E-state index in [0.29, 0.717) is 18.7 Å². The van der Waals surface area contributed by atoms with Gasteiger partial charge in [0.25, 0.3) is 0 Å². The minimum absolute atomic E-state index is 0.0939. The molecule has 0 aromatic heterocycles. The molecule has 1 atom stereocenters. The van der Waals surface area contributed by atoms with Crippen LogP contribution in [0.15, 0.2) is 18.2 Å². The average molecular weight is 300 g/mol. The molecule has 0 saturated carbocycles. The first-order chi connectivity index (χ1) is 9.79. The van der Waals surface area contributed by atoms with Crippen LogP contribution in [0.4, 0.5) is 23.7 Å². The number of carbonyl (C=O) groups excluding carboxylic acids is 1. The molecule has 1 saturated heterocycles. The van der Waals surface area contributed by atoms with E-state index in [9.17, 15) is 18.0 Å². The van der Waals surface area contributed by atoms with Crippen LogP contribution in [-0.2, 0) is 0 Å². The van der Waals surface area contributed by atoms with E-state index in [0.717, 1.165) is 11.1 Å². The summed E-state index contributed by atoms with van der Waals surface area (Å²) in [5, 5.41) is 2.74. The van der Waals surface area contributed by atoms with Crippen LogP contribution in [0.5, 0.6) is 0 Å². The molecule has 0 spiro atoms. The lowest BCUT2D eigenvalue weighted by atomic mass is 9.98. The minimum atomic E-state index is -4.24. The van der Waals surface area contributed by atoms with E-state index in [1.54, 1.807) is 0 Å². The van der Waals surface area contributed by atoms with Crippen LogP contribution in [0.25, 0.3) is 0 Å². The van der Waals surface area contributed by atoms with Gasteiger partial charge in [-0.05, 0) is 37.8 Å². The molecule has 1 aliphatic rings. The van der Waals surface area contributed by atoms with E-state index in [-0.39, 0.29) is 13.0 Å². The summed E-state index contributed by atoms with van der Waals surface area (Å²) in [5.74, 6) is -1.42. The monoisotopic (exact) mass is 300 g/mol. The summed E-state index contributed by atoms with van der Waals surface area (Å²) in [7, 11) is 0. The summed E-state index contributed by atoms with van der Waals surface area (Å²) < 4.78 is 38.3. The molecule has 1 aliphatic heterocycles. The van der Waals surface area contributed by atoms with Crippen molar-refractivity contribution in [2.45, 2.75) is 32.9 Å². The van der Waals surface area contributed by atoms with Crippen LogP contribution >= 0.6 is 0 Å². The van der Waals surface area contributed by atoms with E-state index in [2.05, 4.69) is 5.32 Å². The molecule has 0 aliphatic carbocycles. The Morgan fingerprint density at radius 1 is 1.29 bits per heavy atom. The number of halogens is 3. The number of likely N-dealkylation sites (tertiary alicyclic amines) is 1. The Morgan fingerprint density at radius 3 is 2.48 bits per heavy atom. The Kier molecular flexibility index (Phi) is 4.44. The highest BCUT2D eigenvalue weighted by Gasteiger charge is 2.42. The zero-order valence-electron chi connectivity index (χ0n) is 12.1. The summed E-state index contributed by atoms with van der Waals surface area (Å²) in [6, 6.07) is 5.14. The summed E-state index contributed by atoms with van der Waals surface area (Å²) in [6.45, 7) is 3.82. The van der Waals surface area contributed by atoms with Crippen molar-refractivity contribution in [3.05, 3.63) is 29.3 Å². The fourth-order valence-corrected chi connectivity index (χ4v) is 2.63. The van der Waals surface area contributed by atoms with E-state index < -0.39 is 18.1 Å². The summed E-state index contributed by atoms with van der Waals surface area (Å²) in [4.78, 5) is 13.4. The number of para-hydroxylation sites is 1. The number of amides is 2. The van der Waals surface area contributed by atoms with Crippen LogP contribution in [-0.4, -0.2) is 30.2 Å². The first-order valence-electron chi connectivity index (χ1n) is 6.98. The molecule has 1 unspecified atom stereocenters. The molecule has 0 bridgehead atoms. The van der Waals surface area contributed by atoms with Crippen LogP contribution in [0.3, 0.4) is 0 Å². The van der Waals surface area contributed by atoms with Crippen molar-refractivity contribution in [2.24, 2.45) is 5.92 Å². The molecular weight excluding hydrogens is 281 g/mol. The zero-order chi connectivity index (χ0) is 15.6. The lowest BCUT2D eigenvalue weighted by Gasteiger charge is -2.33. The predicted molar refractivity (Wildman–Crippen MR) is 75.3 cm³/mol. The number of rotatable bonds is 1. The Bertz CT molecular complexity index is 508. The highest BCUT2D eigenvalue weighted by Crippen LogP contribution is 2.33. The molecule has 1 N–H and O–H groups in total. The van der Waals surface area contributed by atoms with Crippen molar-refractivity contribution in [3.63, 3.8) is 0 Å². The second kappa shape index (κ2) is 5.95. The molecule has 0 radical (unpaired) electrons. The standard InChI is InChI=1S/C15H19F3N2O/c1-10-5-3-6-11(2)13(10)19-14(21)20-8-4-7-12(9-20)15(16,17)18/h3,5-6,12H,4,7-9H2,1-2H3,(H,19,21). The maximum atomic E-state index is 12.8. The summed E-state index contributed by atoms with van der Waals surface area (Å²) in [5.41, 5.74) is 2.47. The predicted octanol–water partition coefficient (Wildman–Crippen LogP) is 4.11. The molecule has 1 aromatic carbocycles. The third kappa shape index (κ3) is 3.68. The molecule has 6 heteroatoms. The number of alkyl halides is 3. The van der Waals surface area contributed by atoms with Gasteiger partial charge >= 0.3 is 12.2 Å². The minimum Gasteiger partial charge on any atom is -0.324 e. The van der Waals surface area contributed by atoms with Crippen molar-refractivity contribution < 1.29 is 18.0 Å². The molecule has 2 rings (SSSR count). The normalized spacial score (nSPS) is 19.5. The third-order valence-corrected chi connectivity index (χ3v) is 3.88. The Labute approximate surface area is 122 Å². The SMILES string of the molecule is Cc1cccc(C)c1NC(=O)N1CCCC(C(F)(F)F)C1. The molecule has 21 heavy (non-hydrogen) atoms. The number of aryl methyl sites for hydroxylation is 2. The highest BCUT2D eigenvalue weighted by molar-refractivity contribution is 5.91. The first-order valence-corrected chi connectivity index (χ1v) is 6.98. The van der Waals surface area contributed by atoms with Crippen LogP contribution in [0.1, 0.15) is 24.0 Å². The number of urea groups is 1. The van der Waals surface area contributed by atoms with Crippen molar-refractivity contribution in [3.8, 4) is 0 Å². The van der Waals surface area contributed by atoms with Gasteiger partial charge in [-0.15, -0.1) is 0 Å². The number of anilines is 1. The van der Waals surface area contributed by atoms with Gasteiger partial charge in [0.1, 0.15) is 0 Å². The van der Waals surface area contributed by atoms with Gasteiger partial charge in [0.15, 0.2) is 0 Å². The van der Waals surface area contributed by atoms with Crippen LogP contribution < -0.4 is 5.32 Å². The molecule has 2 amide bonds. The Balaban J connectivity index is 2.07. The molecule has 116 valence electrons. The summed E-state index contributed by atoms with van der Waals surface area (Å²) >= 11 is 0. The maximum Gasteiger partial charge on any atom is 0.393 e. The number of benzene rings is 1. The van der Waals surface area contributed by atoms with E-state index in [4.69, 9.17) is 0 Å². The second-order valence-corrected chi connectivity index (χ2v) is 5.52. The molecule has 1 fully saturated rings. The second-order valence-electron chi connectivity index (χ2n) is 5.52. The first kappa shape index (κ1) is 15.7. The van der Waals surface area contributed by atoms with Crippen molar-refractivity contribution >= 4 is 11.7 Å². The van der Waals surface area contributed by atoms with Crippen molar-refractivity contribution in [2.75, 3.05) is 18.4 Å². The molecule has 1 heterocycles. The van der Waals surface area contributed by atoms with Gasteiger partial charge in [0.05, 0.1) is 5.92 Å². The third-order valence-electron chi connectivity index (χ3n) is 3.88. The van der Waals surface area contributed by atoms with Crippen molar-refractivity contribution in [1.82, 2.24) is 4.90 Å². The van der Waals surface area contributed by atoms with E-state index in [1.165, 1.54) is 4.90 Å². The lowest BCUT2D eigenvalue weighted by molar-refractivity contribution is -0.183. The topological polar surface area (TPSA) is 32.3 Å². The van der Waals surface area contributed by atoms with Gasteiger partial charge in [-0.1, -0.05) is 18.2 Å². The molecular formula is C15H19F3N2O. The van der Waals surface area contributed by atoms with Crippen molar-refractivity contribution in [1.29, 1.82) is 0 Å². The summed E-state index contributed by atoms with van der Waals surface area (Å²) in [6.07, 6.45) is -3.77. The van der Waals surface area contributed by atoms with Gasteiger partial charge in [-0.2, -0.15) is 13.2 Å². The van der Waals surface area contributed by atoms with Gasteiger partial charge in [0, 0.05) is 18.8 Å². The molecule has 3 nitrogen and oxygen atoms in total. The van der Waals surface area contributed by atoms with Gasteiger partial charge in [0.2, 0.25) is 0 Å². The van der Waals surface area contributed by atoms with Gasteiger partial charge in [-0.3, -0.25) is 0 Å². The highest BCUT2D eigenvalue weighted by atomic mass is 19.4. The zero-order valence-corrected chi connectivity index (χ0v) is 12.1. The smallest absolute Gasteiger partial charge is 0.324 e. The van der Waals surface area contributed by atoms with Crippen LogP contribution in [0, 0.1) is 19.8 Å². The number of hydrogen-bond donors (Lipinski definition) is 1. The van der Waals surface area contributed by atoms with Crippen LogP contribution in [0.2, 0.25) is 0 Å². The average Bonchev–Trinajstić information content (AvgIpc) is 2.42. The van der Waals surface area contributed by atoms with E-state index >= 15 is 0 Å². The molecule has 1 aromatic rings. The van der Waals surface area contributed by atoms with Gasteiger partial charge < -0.3 is 10.2 Å².